The highest BCUT2D eigenvalue weighted by molar-refractivity contribution is 5.98. The van der Waals surface area contributed by atoms with E-state index in [1.165, 1.54) is 12.8 Å². The molecule has 5 nitrogen and oxygen atoms in total. The third kappa shape index (κ3) is 3.57. The Morgan fingerprint density at radius 3 is 2.65 bits per heavy atom. The Morgan fingerprint density at radius 1 is 1.30 bits per heavy atom. The highest BCUT2D eigenvalue weighted by atomic mass is 16.2. The molecule has 0 heterocycles. The maximum absolute atomic E-state index is 11.9. The van der Waals surface area contributed by atoms with Crippen molar-refractivity contribution < 1.29 is 9.59 Å². The molecule has 1 aliphatic carbocycles. The summed E-state index contributed by atoms with van der Waals surface area (Å²) in [5.74, 6) is -0.579. The predicted molar refractivity (Wildman–Crippen MR) is 78.6 cm³/mol. The lowest BCUT2D eigenvalue weighted by molar-refractivity contribution is -0.115. The molecule has 0 unspecified atom stereocenters. The van der Waals surface area contributed by atoms with Gasteiger partial charge in [0.2, 0.25) is 11.8 Å². The van der Waals surface area contributed by atoms with Gasteiger partial charge in [0, 0.05) is 17.3 Å². The second-order valence-electron chi connectivity index (χ2n) is 5.25. The number of anilines is 1. The Kier molecular flexibility index (Phi) is 4.74. The molecule has 2 rings (SSSR count). The van der Waals surface area contributed by atoms with Crippen molar-refractivity contribution in [3.63, 3.8) is 0 Å². The zero-order valence-electron chi connectivity index (χ0n) is 11.7. The summed E-state index contributed by atoms with van der Waals surface area (Å²) in [4.78, 5) is 23.2. The second kappa shape index (κ2) is 6.52. The van der Waals surface area contributed by atoms with Crippen LogP contribution in [0.15, 0.2) is 18.2 Å². The van der Waals surface area contributed by atoms with Crippen molar-refractivity contribution in [1.29, 1.82) is 0 Å². The fourth-order valence-electron chi connectivity index (χ4n) is 2.60. The quantitative estimate of drug-likeness (QED) is 0.762. The van der Waals surface area contributed by atoms with Crippen molar-refractivity contribution in [2.45, 2.75) is 38.6 Å². The minimum Gasteiger partial charge on any atom is -0.366 e. The number of benzene rings is 1. The van der Waals surface area contributed by atoms with Gasteiger partial charge in [-0.2, -0.15) is 0 Å². The lowest BCUT2D eigenvalue weighted by Crippen LogP contribution is -2.34. The minimum atomic E-state index is -0.484. The maximum Gasteiger partial charge on any atom is 0.249 e. The minimum absolute atomic E-state index is 0.0957. The van der Waals surface area contributed by atoms with Crippen LogP contribution >= 0.6 is 0 Å². The van der Waals surface area contributed by atoms with E-state index >= 15 is 0 Å². The molecule has 0 aromatic heterocycles. The van der Waals surface area contributed by atoms with Crippen molar-refractivity contribution >= 4 is 17.5 Å². The molecule has 0 bridgehead atoms. The van der Waals surface area contributed by atoms with Crippen LogP contribution in [0.4, 0.5) is 5.69 Å². The summed E-state index contributed by atoms with van der Waals surface area (Å²) >= 11 is 0. The third-order valence-corrected chi connectivity index (χ3v) is 3.78. The molecular weight excluding hydrogens is 254 g/mol. The van der Waals surface area contributed by atoms with E-state index in [9.17, 15) is 9.59 Å². The molecule has 0 aliphatic heterocycles. The van der Waals surface area contributed by atoms with Crippen molar-refractivity contribution in [2.24, 2.45) is 5.73 Å². The molecule has 1 aromatic rings. The van der Waals surface area contributed by atoms with E-state index in [0.717, 1.165) is 12.8 Å². The van der Waals surface area contributed by atoms with Gasteiger partial charge in [-0.05, 0) is 37.5 Å². The largest absolute Gasteiger partial charge is 0.366 e. The Hall–Kier alpha value is -1.88. The number of carbonyl (C=O) groups excluding carboxylic acids is 2. The molecule has 2 amide bonds. The molecule has 0 radical (unpaired) electrons. The zero-order valence-corrected chi connectivity index (χ0v) is 11.7. The summed E-state index contributed by atoms with van der Waals surface area (Å²) in [5, 5.41) is 6.07. The Labute approximate surface area is 118 Å². The van der Waals surface area contributed by atoms with Crippen LogP contribution in [0, 0.1) is 6.92 Å². The smallest absolute Gasteiger partial charge is 0.249 e. The number of hydrogen-bond donors (Lipinski definition) is 3. The summed E-state index contributed by atoms with van der Waals surface area (Å²) < 4.78 is 0. The van der Waals surface area contributed by atoms with E-state index in [0.29, 0.717) is 29.4 Å². The number of hydrogen-bond acceptors (Lipinski definition) is 3. The summed E-state index contributed by atoms with van der Waals surface area (Å²) in [5.41, 5.74) is 7.07. The zero-order chi connectivity index (χ0) is 14.5. The van der Waals surface area contributed by atoms with Crippen LogP contribution in [0.3, 0.4) is 0 Å². The summed E-state index contributed by atoms with van der Waals surface area (Å²) in [6.07, 6.45) is 4.75. The fraction of sp³-hybridized carbons (Fsp3) is 0.467. The van der Waals surface area contributed by atoms with Crippen LogP contribution in [-0.4, -0.2) is 24.4 Å². The molecule has 108 valence electrons. The first-order valence-corrected chi connectivity index (χ1v) is 7.00. The standard InChI is InChI=1S/C15H21N3O2/c1-10-12(15(16)20)7-4-8-13(10)18-14(19)9-17-11-5-2-3-6-11/h4,7-8,11,17H,2-3,5-6,9H2,1H3,(H2,16,20)(H,18,19). The van der Waals surface area contributed by atoms with Crippen LogP contribution in [0.5, 0.6) is 0 Å². The van der Waals surface area contributed by atoms with Gasteiger partial charge >= 0.3 is 0 Å². The molecule has 0 saturated heterocycles. The molecule has 5 heteroatoms. The van der Waals surface area contributed by atoms with Gasteiger partial charge < -0.3 is 16.4 Å². The molecular formula is C15H21N3O2. The van der Waals surface area contributed by atoms with Crippen molar-refractivity contribution in [3.05, 3.63) is 29.3 Å². The van der Waals surface area contributed by atoms with E-state index in [-0.39, 0.29) is 5.91 Å². The normalized spacial score (nSPS) is 15.2. The molecule has 1 aliphatic rings. The van der Waals surface area contributed by atoms with Crippen molar-refractivity contribution in [2.75, 3.05) is 11.9 Å². The van der Waals surface area contributed by atoms with Gasteiger partial charge in [0.05, 0.1) is 6.54 Å². The van der Waals surface area contributed by atoms with Gasteiger partial charge in [0.25, 0.3) is 0 Å². The highest BCUT2D eigenvalue weighted by Crippen LogP contribution is 2.19. The number of carbonyl (C=O) groups is 2. The number of rotatable bonds is 5. The summed E-state index contributed by atoms with van der Waals surface area (Å²) in [6, 6.07) is 5.60. The lowest BCUT2D eigenvalue weighted by atomic mass is 10.1. The third-order valence-electron chi connectivity index (χ3n) is 3.78. The van der Waals surface area contributed by atoms with Gasteiger partial charge in [-0.3, -0.25) is 9.59 Å². The Morgan fingerprint density at radius 2 is 2.00 bits per heavy atom. The van der Waals surface area contributed by atoms with E-state index in [1.54, 1.807) is 25.1 Å². The average molecular weight is 275 g/mol. The van der Waals surface area contributed by atoms with Crippen molar-refractivity contribution in [3.8, 4) is 0 Å². The van der Waals surface area contributed by atoms with E-state index in [4.69, 9.17) is 5.73 Å². The average Bonchev–Trinajstić information content (AvgIpc) is 2.91. The van der Waals surface area contributed by atoms with Crippen LogP contribution < -0.4 is 16.4 Å². The summed E-state index contributed by atoms with van der Waals surface area (Å²) in [6.45, 7) is 2.07. The highest BCUT2D eigenvalue weighted by Gasteiger charge is 2.16. The Bertz CT molecular complexity index is 508. The predicted octanol–water partition coefficient (Wildman–Crippen LogP) is 1.56. The molecule has 4 N–H and O–H groups in total. The van der Waals surface area contributed by atoms with Gasteiger partial charge in [-0.15, -0.1) is 0 Å². The first-order chi connectivity index (χ1) is 9.58. The van der Waals surface area contributed by atoms with Crippen LogP contribution in [0.1, 0.15) is 41.6 Å². The first-order valence-electron chi connectivity index (χ1n) is 7.00. The molecule has 0 atom stereocenters. The van der Waals surface area contributed by atoms with Gasteiger partial charge in [-0.25, -0.2) is 0 Å². The topological polar surface area (TPSA) is 84.2 Å². The second-order valence-corrected chi connectivity index (χ2v) is 5.25. The van der Waals surface area contributed by atoms with Crippen molar-refractivity contribution in [1.82, 2.24) is 5.32 Å². The van der Waals surface area contributed by atoms with E-state index in [1.807, 2.05) is 0 Å². The van der Waals surface area contributed by atoms with Gasteiger partial charge in [0.1, 0.15) is 0 Å². The lowest BCUT2D eigenvalue weighted by Gasteiger charge is -2.13. The number of amides is 2. The number of primary amides is 1. The summed E-state index contributed by atoms with van der Waals surface area (Å²) in [7, 11) is 0. The van der Waals surface area contributed by atoms with Crippen LogP contribution in [0.2, 0.25) is 0 Å². The molecule has 1 saturated carbocycles. The van der Waals surface area contributed by atoms with E-state index in [2.05, 4.69) is 10.6 Å². The number of nitrogens with two attached hydrogens (primary N) is 1. The first kappa shape index (κ1) is 14.5. The molecule has 1 fully saturated rings. The van der Waals surface area contributed by atoms with E-state index < -0.39 is 5.91 Å². The van der Waals surface area contributed by atoms with Crippen LogP contribution in [-0.2, 0) is 4.79 Å². The van der Waals surface area contributed by atoms with Gasteiger partial charge in [-0.1, -0.05) is 18.9 Å². The molecule has 1 aromatic carbocycles. The monoisotopic (exact) mass is 275 g/mol. The fourth-order valence-corrected chi connectivity index (χ4v) is 2.60. The SMILES string of the molecule is Cc1c(NC(=O)CNC2CCCC2)cccc1C(N)=O. The van der Waals surface area contributed by atoms with Gasteiger partial charge in [0.15, 0.2) is 0 Å². The maximum atomic E-state index is 11.9. The van der Waals surface area contributed by atoms with Crippen LogP contribution in [0.25, 0.3) is 0 Å². The Balaban J connectivity index is 1.93. The molecule has 0 spiro atoms. The number of nitrogens with one attached hydrogen (secondary N) is 2. The molecule has 20 heavy (non-hydrogen) atoms.